The van der Waals surface area contributed by atoms with Crippen LogP contribution in [0.3, 0.4) is 0 Å². The van der Waals surface area contributed by atoms with Crippen molar-refractivity contribution in [3.8, 4) is 18.0 Å². The zero-order valence-corrected chi connectivity index (χ0v) is 13.0. The summed E-state index contributed by atoms with van der Waals surface area (Å²) in [6.45, 7) is 7.53. The standard InChI is InChI=1S/C14H20N6O/c1-6-14(4,8-16)20-13-18-11(17-9(2)3)10(7-15)12(19-13)21-5/h9H,6H2,1-5H3,(H2,17,18,19,20). The zero-order chi connectivity index (χ0) is 16.0. The van der Waals surface area contributed by atoms with E-state index >= 15 is 0 Å². The number of methoxy groups -OCH3 is 1. The Balaban J connectivity index is 3.30. The van der Waals surface area contributed by atoms with Gasteiger partial charge in [0.1, 0.15) is 11.6 Å². The lowest BCUT2D eigenvalue weighted by atomic mass is 10.0. The fourth-order valence-electron chi connectivity index (χ4n) is 1.56. The molecule has 0 amide bonds. The molecular weight excluding hydrogens is 268 g/mol. The minimum atomic E-state index is -0.783. The van der Waals surface area contributed by atoms with Crippen LogP contribution in [0.25, 0.3) is 0 Å². The van der Waals surface area contributed by atoms with Gasteiger partial charge in [-0.2, -0.15) is 20.5 Å². The van der Waals surface area contributed by atoms with Crippen molar-refractivity contribution in [1.29, 1.82) is 10.5 Å². The molecule has 0 aliphatic heterocycles. The number of ether oxygens (including phenoxy) is 1. The summed E-state index contributed by atoms with van der Waals surface area (Å²) in [5.74, 6) is 0.813. The van der Waals surface area contributed by atoms with Crippen LogP contribution in [0.1, 0.15) is 39.7 Å². The van der Waals surface area contributed by atoms with Crippen molar-refractivity contribution in [3.05, 3.63) is 5.56 Å². The first-order chi connectivity index (χ1) is 9.88. The number of rotatable bonds is 6. The predicted molar refractivity (Wildman–Crippen MR) is 80.0 cm³/mol. The van der Waals surface area contributed by atoms with E-state index in [1.165, 1.54) is 7.11 Å². The van der Waals surface area contributed by atoms with Gasteiger partial charge in [0.2, 0.25) is 11.8 Å². The van der Waals surface area contributed by atoms with Gasteiger partial charge in [-0.25, -0.2) is 0 Å². The summed E-state index contributed by atoms with van der Waals surface area (Å²) in [7, 11) is 1.44. The van der Waals surface area contributed by atoms with E-state index in [0.717, 1.165) is 0 Å². The number of aromatic nitrogens is 2. The quantitative estimate of drug-likeness (QED) is 0.826. The Morgan fingerprint density at radius 3 is 2.43 bits per heavy atom. The first-order valence-electron chi connectivity index (χ1n) is 6.71. The molecule has 0 aliphatic rings. The summed E-state index contributed by atoms with van der Waals surface area (Å²) in [6.07, 6.45) is 0.585. The van der Waals surface area contributed by atoms with E-state index in [1.54, 1.807) is 6.92 Å². The molecule has 1 atom stereocenters. The van der Waals surface area contributed by atoms with Gasteiger partial charge in [0.05, 0.1) is 13.2 Å². The van der Waals surface area contributed by atoms with Crippen molar-refractivity contribution in [2.75, 3.05) is 17.7 Å². The first-order valence-corrected chi connectivity index (χ1v) is 6.71. The maximum Gasteiger partial charge on any atom is 0.238 e. The summed E-state index contributed by atoms with van der Waals surface area (Å²) < 4.78 is 5.14. The molecular formula is C14H20N6O. The smallest absolute Gasteiger partial charge is 0.238 e. The molecule has 112 valence electrons. The van der Waals surface area contributed by atoms with Crippen molar-refractivity contribution >= 4 is 11.8 Å². The normalized spacial score (nSPS) is 13.0. The lowest BCUT2D eigenvalue weighted by Crippen LogP contribution is -2.33. The highest BCUT2D eigenvalue weighted by Gasteiger charge is 2.24. The average molecular weight is 288 g/mol. The monoisotopic (exact) mass is 288 g/mol. The van der Waals surface area contributed by atoms with Crippen molar-refractivity contribution in [2.24, 2.45) is 0 Å². The minimum absolute atomic E-state index is 0.0954. The van der Waals surface area contributed by atoms with Gasteiger partial charge in [-0.05, 0) is 27.2 Å². The van der Waals surface area contributed by atoms with E-state index < -0.39 is 5.54 Å². The van der Waals surface area contributed by atoms with Crippen LogP contribution >= 0.6 is 0 Å². The molecule has 0 bridgehead atoms. The molecule has 0 radical (unpaired) electrons. The molecule has 21 heavy (non-hydrogen) atoms. The number of nitriles is 2. The second-order valence-electron chi connectivity index (χ2n) is 5.11. The second kappa shape index (κ2) is 6.76. The topological polar surface area (TPSA) is 107 Å². The van der Waals surface area contributed by atoms with E-state index in [0.29, 0.717) is 12.2 Å². The second-order valence-corrected chi connectivity index (χ2v) is 5.11. The molecule has 1 rings (SSSR count). The lowest BCUT2D eigenvalue weighted by molar-refractivity contribution is 0.396. The zero-order valence-electron chi connectivity index (χ0n) is 13.0. The van der Waals surface area contributed by atoms with E-state index in [2.05, 4.69) is 26.7 Å². The lowest BCUT2D eigenvalue weighted by Gasteiger charge is -2.22. The molecule has 7 heteroatoms. The summed E-state index contributed by atoms with van der Waals surface area (Å²) in [5, 5.41) is 24.5. The minimum Gasteiger partial charge on any atom is -0.480 e. The SMILES string of the molecule is CCC(C)(C#N)Nc1nc(NC(C)C)c(C#N)c(OC)n1. The number of nitrogens with one attached hydrogen (secondary N) is 2. The Morgan fingerprint density at radius 1 is 1.33 bits per heavy atom. The highest BCUT2D eigenvalue weighted by molar-refractivity contribution is 5.60. The predicted octanol–water partition coefficient (Wildman–Crippen LogP) is 2.28. The van der Waals surface area contributed by atoms with Gasteiger partial charge in [-0.3, -0.25) is 0 Å². The van der Waals surface area contributed by atoms with Gasteiger partial charge in [-0.1, -0.05) is 6.92 Å². The van der Waals surface area contributed by atoms with Gasteiger partial charge < -0.3 is 15.4 Å². The molecule has 2 N–H and O–H groups in total. The summed E-state index contributed by atoms with van der Waals surface area (Å²) in [4.78, 5) is 8.44. The maximum atomic E-state index is 9.24. The largest absolute Gasteiger partial charge is 0.480 e. The maximum absolute atomic E-state index is 9.24. The van der Waals surface area contributed by atoms with E-state index in [-0.39, 0.29) is 23.4 Å². The Labute approximate surface area is 125 Å². The molecule has 0 saturated carbocycles. The first kappa shape index (κ1) is 16.5. The van der Waals surface area contributed by atoms with Gasteiger partial charge in [0.15, 0.2) is 11.4 Å². The van der Waals surface area contributed by atoms with Crippen LogP contribution in [-0.2, 0) is 0 Å². The fraction of sp³-hybridized carbons (Fsp3) is 0.571. The van der Waals surface area contributed by atoms with Crippen LogP contribution in [0.4, 0.5) is 11.8 Å². The number of nitrogens with zero attached hydrogens (tertiary/aromatic N) is 4. The number of hydrogen-bond donors (Lipinski definition) is 2. The van der Waals surface area contributed by atoms with E-state index in [9.17, 15) is 10.5 Å². The van der Waals surface area contributed by atoms with Crippen LogP contribution in [0.15, 0.2) is 0 Å². The third-order valence-corrected chi connectivity index (χ3v) is 2.95. The van der Waals surface area contributed by atoms with E-state index in [4.69, 9.17) is 4.74 Å². The molecule has 1 aromatic rings. The Bertz CT molecular complexity index is 586. The average Bonchev–Trinajstić information content (AvgIpc) is 2.45. The molecule has 0 fully saturated rings. The molecule has 1 aromatic heterocycles. The van der Waals surface area contributed by atoms with Crippen LogP contribution in [0, 0.1) is 22.7 Å². The molecule has 0 aliphatic carbocycles. The van der Waals surface area contributed by atoms with Crippen LogP contribution < -0.4 is 15.4 Å². The fourth-order valence-corrected chi connectivity index (χ4v) is 1.56. The molecule has 1 unspecified atom stereocenters. The Kier molecular flexibility index (Phi) is 5.31. The number of hydrogen-bond acceptors (Lipinski definition) is 7. The molecule has 7 nitrogen and oxygen atoms in total. The highest BCUT2D eigenvalue weighted by Crippen LogP contribution is 2.26. The molecule has 1 heterocycles. The van der Waals surface area contributed by atoms with Crippen LogP contribution in [0.5, 0.6) is 5.88 Å². The van der Waals surface area contributed by atoms with E-state index in [1.807, 2.05) is 26.8 Å². The Hall–Kier alpha value is -2.54. The summed E-state index contributed by atoms with van der Waals surface area (Å²) in [6, 6.07) is 4.31. The third kappa shape index (κ3) is 3.96. The Morgan fingerprint density at radius 2 is 2.00 bits per heavy atom. The molecule has 0 aromatic carbocycles. The van der Waals surface area contributed by atoms with Crippen molar-refractivity contribution in [1.82, 2.24) is 9.97 Å². The van der Waals surface area contributed by atoms with Crippen molar-refractivity contribution < 1.29 is 4.74 Å². The summed E-state index contributed by atoms with van der Waals surface area (Å²) in [5.41, 5.74) is -0.541. The van der Waals surface area contributed by atoms with Gasteiger partial charge in [0, 0.05) is 6.04 Å². The summed E-state index contributed by atoms with van der Waals surface area (Å²) >= 11 is 0. The highest BCUT2D eigenvalue weighted by atomic mass is 16.5. The van der Waals surface area contributed by atoms with Gasteiger partial charge in [-0.15, -0.1) is 0 Å². The van der Waals surface area contributed by atoms with Crippen molar-refractivity contribution in [2.45, 2.75) is 45.7 Å². The number of anilines is 2. The third-order valence-electron chi connectivity index (χ3n) is 2.95. The van der Waals surface area contributed by atoms with Gasteiger partial charge >= 0.3 is 0 Å². The molecule has 0 saturated heterocycles. The molecule has 0 spiro atoms. The van der Waals surface area contributed by atoms with Crippen LogP contribution in [0.2, 0.25) is 0 Å². The van der Waals surface area contributed by atoms with Crippen LogP contribution in [-0.4, -0.2) is 28.7 Å². The van der Waals surface area contributed by atoms with Crippen molar-refractivity contribution in [3.63, 3.8) is 0 Å². The van der Waals surface area contributed by atoms with Gasteiger partial charge in [0.25, 0.3) is 0 Å².